The fourth-order valence-electron chi connectivity index (χ4n) is 1.37. The number of carbonyl (C=O) groups excluding carboxylic acids is 1. The maximum absolute atomic E-state index is 11.7. The van der Waals surface area contributed by atoms with Gasteiger partial charge in [-0.05, 0) is 11.6 Å². The molecule has 0 aromatic heterocycles. The zero-order valence-corrected chi connectivity index (χ0v) is 11.0. The summed E-state index contributed by atoms with van der Waals surface area (Å²) in [7, 11) is -1.97. The van der Waals surface area contributed by atoms with Gasteiger partial charge >= 0.3 is 0 Å². The summed E-state index contributed by atoms with van der Waals surface area (Å²) in [6.45, 7) is 0.0781. The Kier molecular flexibility index (Phi) is 5.11. The Bertz CT molecular complexity index is 514. The third-order valence-corrected chi connectivity index (χ3v) is 3.69. The highest BCUT2D eigenvalue weighted by Gasteiger charge is 2.13. The first kappa shape index (κ1) is 14.5. The van der Waals surface area contributed by atoms with Crippen LogP contribution in [-0.4, -0.2) is 27.9 Å². The predicted octanol–water partition coefficient (Wildman–Crippen LogP) is -0.176. The molecule has 0 aliphatic heterocycles. The Labute approximate surface area is 107 Å². The van der Waals surface area contributed by atoms with Gasteiger partial charge in [0, 0.05) is 25.7 Å². The van der Waals surface area contributed by atoms with Crippen molar-refractivity contribution in [1.29, 1.82) is 0 Å². The number of amides is 1. The molecule has 1 rings (SSSR count). The normalized spacial score (nSPS) is 11.2. The van der Waals surface area contributed by atoms with Crippen LogP contribution in [0.2, 0.25) is 0 Å². The van der Waals surface area contributed by atoms with Crippen LogP contribution in [0.5, 0.6) is 0 Å². The molecule has 1 aromatic rings. The van der Waals surface area contributed by atoms with Crippen molar-refractivity contribution >= 4 is 21.6 Å². The van der Waals surface area contributed by atoms with Gasteiger partial charge < -0.3 is 11.1 Å². The van der Waals surface area contributed by atoms with Gasteiger partial charge in [0.2, 0.25) is 15.9 Å². The van der Waals surface area contributed by atoms with Gasteiger partial charge in [0.25, 0.3) is 0 Å². The average Bonchev–Trinajstić information content (AvgIpc) is 2.31. The molecule has 6 nitrogen and oxygen atoms in total. The molecular formula is C11H17N3O3S. The van der Waals surface area contributed by atoms with Gasteiger partial charge in [-0.3, -0.25) is 4.79 Å². The minimum Gasteiger partial charge on any atom is -0.398 e. The van der Waals surface area contributed by atoms with Gasteiger partial charge in [0.15, 0.2) is 0 Å². The number of sulfonamides is 1. The van der Waals surface area contributed by atoms with Crippen LogP contribution in [0.15, 0.2) is 24.3 Å². The first-order chi connectivity index (χ1) is 8.44. The summed E-state index contributed by atoms with van der Waals surface area (Å²) in [5.74, 6) is -0.398. The molecule has 18 heavy (non-hydrogen) atoms. The standard InChI is InChI=1S/C11H17N3O3S/c1-13-11(15)6-7-14-18(16,17)8-9-4-2-3-5-10(9)12/h2-5,14H,6-8,12H2,1H3,(H,13,15). The van der Waals surface area contributed by atoms with Crippen LogP contribution in [0.4, 0.5) is 5.69 Å². The molecule has 7 heteroatoms. The Morgan fingerprint density at radius 3 is 2.61 bits per heavy atom. The molecule has 0 unspecified atom stereocenters. The molecule has 0 aliphatic rings. The number of nitrogen functional groups attached to an aromatic ring is 1. The Balaban J connectivity index is 2.55. The van der Waals surface area contributed by atoms with Crippen molar-refractivity contribution in [2.45, 2.75) is 12.2 Å². The van der Waals surface area contributed by atoms with Crippen LogP contribution < -0.4 is 15.8 Å². The maximum atomic E-state index is 11.7. The molecule has 0 atom stereocenters. The largest absolute Gasteiger partial charge is 0.398 e. The summed E-state index contributed by atoms with van der Waals surface area (Å²) in [6, 6.07) is 6.78. The van der Waals surface area contributed by atoms with Gasteiger partial charge in [0.1, 0.15) is 0 Å². The summed E-state index contributed by atoms with van der Waals surface area (Å²) >= 11 is 0. The highest BCUT2D eigenvalue weighted by atomic mass is 32.2. The number of nitrogens with two attached hydrogens (primary N) is 1. The van der Waals surface area contributed by atoms with E-state index in [2.05, 4.69) is 10.0 Å². The molecule has 0 spiro atoms. The van der Waals surface area contributed by atoms with E-state index in [1.165, 1.54) is 7.05 Å². The van der Waals surface area contributed by atoms with E-state index in [4.69, 9.17) is 5.73 Å². The number of rotatable bonds is 6. The average molecular weight is 271 g/mol. The predicted molar refractivity (Wildman–Crippen MR) is 70.2 cm³/mol. The quantitative estimate of drug-likeness (QED) is 0.625. The van der Waals surface area contributed by atoms with Crippen LogP contribution in [0.25, 0.3) is 0 Å². The lowest BCUT2D eigenvalue weighted by atomic mass is 10.2. The van der Waals surface area contributed by atoms with Gasteiger partial charge in [0.05, 0.1) is 5.75 Å². The van der Waals surface area contributed by atoms with E-state index in [0.717, 1.165) is 0 Å². The molecule has 0 aliphatic carbocycles. The SMILES string of the molecule is CNC(=O)CCNS(=O)(=O)Cc1ccccc1N. The van der Waals surface area contributed by atoms with E-state index in [1.807, 2.05) is 0 Å². The summed E-state index contributed by atoms with van der Waals surface area (Å²) in [5.41, 5.74) is 6.66. The fourth-order valence-corrected chi connectivity index (χ4v) is 2.55. The number of hydrogen-bond acceptors (Lipinski definition) is 4. The van der Waals surface area contributed by atoms with E-state index in [1.54, 1.807) is 24.3 Å². The molecule has 0 heterocycles. The third kappa shape index (κ3) is 4.72. The van der Waals surface area contributed by atoms with Crippen LogP contribution in [-0.2, 0) is 20.6 Å². The molecule has 0 bridgehead atoms. The topological polar surface area (TPSA) is 101 Å². The smallest absolute Gasteiger partial charge is 0.221 e. The highest BCUT2D eigenvalue weighted by molar-refractivity contribution is 7.88. The molecule has 0 radical (unpaired) electrons. The molecule has 1 aromatic carbocycles. The Morgan fingerprint density at radius 1 is 1.33 bits per heavy atom. The van der Waals surface area contributed by atoms with E-state index < -0.39 is 10.0 Å². The minimum atomic E-state index is -3.47. The van der Waals surface area contributed by atoms with Crippen LogP contribution in [0.1, 0.15) is 12.0 Å². The maximum Gasteiger partial charge on any atom is 0.221 e. The molecule has 0 fully saturated rings. The zero-order chi connectivity index (χ0) is 13.6. The van der Waals surface area contributed by atoms with Crippen molar-refractivity contribution < 1.29 is 13.2 Å². The van der Waals surface area contributed by atoms with Crippen LogP contribution in [0.3, 0.4) is 0 Å². The zero-order valence-electron chi connectivity index (χ0n) is 10.1. The van der Waals surface area contributed by atoms with E-state index >= 15 is 0 Å². The summed E-state index contributed by atoms with van der Waals surface area (Å²) < 4.78 is 25.8. The number of hydrogen-bond donors (Lipinski definition) is 3. The third-order valence-electron chi connectivity index (χ3n) is 2.35. The summed E-state index contributed by atoms with van der Waals surface area (Å²) in [5, 5.41) is 2.42. The van der Waals surface area contributed by atoms with Crippen molar-refractivity contribution in [3.05, 3.63) is 29.8 Å². The van der Waals surface area contributed by atoms with Crippen molar-refractivity contribution in [2.24, 2.45) is 0 Å². The van der Waals surface area contributed by atoms with E-state index in [-0.39, 0.29) is 24.6 Å². The first-order valence-electron chi connectivity index (χ1n) is 5.46. The number of anilines is 1. The van der Waals surface area contributed by atoms with Gasteiger partial charge in [-0.15, -0.1) is 0 Å². The lowest BCUT2D eigenvalue weighted by molar-refractivity contribution is -0.120. The second kappa shape index (κ2) is 6.36. The number of benzene rings is 1. The van der Waals surface area contributed by atoms with Gasteiger partial charge in [-0.2, -0.15) is 0 Å². The monoisotopic (exact) mass is 271 g/mol. The lowest BCUT2D eigenvalue weighted by Gasteiger charge is -2.08. The fraction of sp³-hybridized carbons (Fsp3) is 0.364. The van der Waals surface area contributed by atoms with Crippen molar-refractivity contribution in [3.8, 4) is 0 Å². The summed E-state index contributed by atoms with van der Waals surface area (Å²) in [6.07, 6.45) is 0.111. The molecule has 0 saturated heterocycles. The molecule has 1 amide bonds. The Hall–Kier alpha value is -1.60. The number of carbonyl (C=O) groups is 1. The highest BCUT2D eigenvalue weighted by Crippen LogP contribution is 2.13. The summed E-state index contributed by atoms with van der Waals surface area (Å²) in [4.78, 5) is 10.9. The lowest BCUT2D eigenvalue weighted by Crippen LogP contribution is -2.30. The second-order valence-electron chi connectivity index (χ2n) is 3.78. The van der Waals surface area contributed by atoms with Crippen LogP contribution >= 0.6 is 0 Å². The molecule has 100 valence electrons. The van der Waals surface area contributed by atoms with E-state index in [0.29, 0.717) is 11.3 Å². The first-order valence-corrected chi connectivity index (χ1v) is 7.11. The minimum absolute atomic E-state index is 0.0781. The van der Waals surface area contributed by atoms with Crippen molar-refractivity contribution in [1.82, 2.24) is 10.0 Å². The van der Waals surface area contributed by atoms with Crippen molar-refractivity contribution in [3.63, 3.8) is 0 Å². The molecule has 4 N–H and O–H groups in total. The van der Waals surface area contributed by atoms with Crippen LogP contribution in [0, 0.1) is 0 Å². The molecular weight excluding hydrogens is 254 g/mol. The number of nitrogens with one attached hydrogen (secondary N) is 2. The van der Waals surface area contributed by atoms with Gasteiger partial charge in [-0.25, -0.2) is 13.1 Å². The van der Waals surface area contributed by atoms with E-state index in [9.17, 15) is 13.2 Å². The van der Waals surface area contributed by atoms with Crippen molar-refractivity contribution in [2.75, 3.05) is 19.3 Å². The molecule has 0 saturated carbocycles. The van der Waals surface area contributed by atoms with Gasteiger partial charge in [-0.1, -0.05) is 18.2 Å². The number of para-hydroxylation sites is 1. The Morgan fingerprint density at radius 2 is 2.00 bits per heavy atom. The second-order valence-corrected chi connectivity index (χ2v) is 5.58.